The summed E-state index contributed by atoms with van der Waals surface area (Å²) in [6.07, 6.45) is 1.86. The van der Waals surface area contributed by atoms with Crippen LogP contribution < -0.4 is 5.73 Å². The molecule has 0 amide bonds. The van der Waals surface area contributed by atoms with Gasteiger partial charge in [0.15, 0.2) is 11.5 Å². The van der Waals surface area contributed by atoms with E-state index in [0.717, 1.165) is 22.0 Å². The number of nitrogens with zero attached hydrogens (tertiary/aromatic N) is 2. The number of fused-ring (bicyclic) bond motifs is 1. The predicted octanol–water partition coefficient (Wildman–Crippen LogP) is 4.30. The van der Waals surface area contributed by atoms with E-state index < -0.39 is 0 Å². The minimum absolute atomic E-state index is 0.522. The smallest absolute Gasteiger partial charge is 0.157 e. The van der Waals surface area contributed by atoms with Crippen molar-refractivity contribution in [1.82, 2.24) is 9.78 Å². The highest BCUT2D eigenvalue weighted by Gasteiger charge is 2.14. The van der Waals surface area contributed by atoms with Crippen molar-refractivity contribution >= 4 is 32.6 Å². The Morgan fingerprint density at radius 1 is 1.35 bits per heavy atom. The lowest BCUT2D eigenvalue weighted by Gasteiger charge is -2.03. The maximum absolute atomic E-state index is 6.05. The number of aromatic nitrogens is 2. The largest absolute Gasteiger partial charge is 0.454 e. The molecule has 0 saturated carbocycles. The molecule has 2 N–H and O–H groups in total. The highest BCUT2D eigenvalue weighted by Crippen LogP contribution is 2.31. The van der Waals surface area contributed by atoms with Crippen LogP contribution in [-0.2, 0) is 6.54 Å². The molecule has 5 heteroatoms. The van der Waals surface area contributed by atoms with Crippen molar-refractivity contribution in [1.29, 1.82) is 0 Å². The van der Waals surface area contributed by atoms with Crippen LogP contribution in [0.1, 0.15) is 13.8 Å². The molecule has 0 aliphatic heterocycles. The van der Waals surface area contributed by atoms with Crippen molar-refractivity contribution < 1.29 is 4.42 Å². The molecule has 0 bridgehead atoms. The Kier molecular flexibility index (Phi) is 3.30. The van der Waals surface area contributed by atoms with Gasteiger partial charge in [-0.15, -0.1) is 0 Å². The van der Waals surface area contributed by atoms with Gasteiger partial charge < -0.3 is 10.2 Å². The summed E-state index contributed by atoms with van der Waals surface area (Å²) in [5.41, 5.74) is 8.23. The lowest BCUT2D eigenvalue weighted by atomic mass is 10.2. The third-order valence-electron chi connectivity index (χ3n) is 3.05. The normalized spacial score (nSPS) is 11.6. The molecule has 2 aromatic heterocycles. The lowest BCUT2D eigenvalue weighted by Crippen LogP contribution is -2.04. The van der Waals surface area contributed by atoms with Crippen LogP contribution in [0, 0.1) is 5.92 Å². The van der Waals surface area contributed by atoms with Gasteiger partial charge in [0.2, 0.25) is 0 Å². The summed E-state index contributed by atoms with van der Waals surface area (Å²) >= 11 is 3.46. The van der Waals surface area contributed by atoms with E-state index >= 15 is 0 Å². The van der Waals surface area contributed by atoms with Crippen molar-refractivity contribution in [3.63, 3.8) is 0 Å². The van der Waals surface area contributed by atoms with Gasteiger partial charge in [-0.25, -0.2) is 0 Å². The van der Waals surface area contributed by atoms with Gasteiger partial charge in [0.05, 0.1) is 5.69 Å². The quantitative estimate of drug-likeness (QED) is 0.777. The Balaban J connectivity index is 2.04. The number of anilines is 1. The number of nitrogen functional groups attached to an aromatic ring is 1. The van der Waals surface area contributed by atoms with Crippen molar-refractivity contribution in [3.05, 3.63) is 34.9 Å². The Morgan fingerprint density at radius 3 is 2.90 bits per heavy atom. The molecule has 3 rings (SSSR count). The first-order valence-corrected chi connectivity index (χ1v) is 7.34. The topological polar surface area (TPSA) is 57.0 Å². The molecule has 0 aliphatic rings. The number of rotatable bonds is 3. The molecular formula is C15H16BrN3O. The van der Waals surface area contributed by atoms with Crippen LogP contribution in [0.4, 0.5) is 5.69 Å². The molecular weight excluding hydrogens is 318 g/mol. The molecule has 0 fully saturated rings. The van der Waals surface area contributed by atoms with Crippen molar-refractivity contribution in [2.45, 2.75) is 20.4 Å². The molecule has 0 spiro atoms. The maximum atomic E-state index is 6.05. The molecule has 2 heterocycles. The van der Waals surface area contributed by atoms with Crippen molar-refractivity contribution in [2.24, 2.45) is 5.92 Å². The standard InChI is InChI=1S/C15H16BrN3O/c1-9(2)7-19-8-12(17)15(18-19)14-6-10-5-11(16)3-4-13(10)20-14/h3-6,8-9H,7,17H2,1-2H3. The Labute approximate surface area is 125 Å². The van der Waals surface area contributed by atoms with E-state index in [1.165, 1.54) is 0 Å². The van der Waals surface area contributed by atoms with E-state index in [9.17, 15) is 0 Å². The predicted molar refractivity (Wildman–Crippen MR) is 84.4 cm³/mol. The number of furan rings is 1. The van der Waals surface area contributed by atoms with Crippen LogP contribution >= 0.6 is 15.9 Å². The van der Waals surface area contributed by atoms with E-state index in [-0.39, 0.29) is 0 Å². The lowest BCUT2D eigenvalue weighted by molar-refractivity contribution is 0.483. The van der Waals surface area contributed by atoms with Crippen molar-refractivity contribution in [2.75, 3.05) is 5.73 Å². The molecule has 104 valence electrons. The molecule has 0 radical (unpaired) electrons. The summed E-state index contributed by atoms with van der Waals surface area (Å²) in [5, 5.41) is 5.56. The summed E-state index contributed by atoms with van der Waals surface area (Å²) in [6.45, 7) is 5.14. The zero-order valence-electron chi connectivity index (χ0n) is 11.4. The van der Waals surface area contributed by atoms with Gasteiger partial charge in [0, 0.05) is 22.6 Å². The van der Waals surface area contributed by atoms with E-state index in [2.05, 4.69) is 34.9 Å². The first-order valence-electron chi connectivity index (χ1n) is 6.55. The van der Waals surface area contributed by atoms with E-state index in [0.29, 0.717) is 23.1 Å². The summed E-state index contributed by atoms with van der Waals surface area (Å²) in [6, 6.07) is 7.88. The molecule has 0 saturated heterocycles. The number of hydrogen-bond acceptors (Lipinski definition) is 3. The van der Waals surface area contributed by atoms with Gasteiger partial charge in [-0.3, -0.25) is 4.68 Å². The van der Waals surface area contributed by atoms with Crippen molar-refractivity contribution in [3.8, 4) is 11.5 Å². The molecule has 0 atom stereocenters. The SMILES string of the molecule is CC(C)Cn1cc(N)c(-c2cc3cc(Br)ccc3o2)n1. The first kappa shape index (κ1) is 13.2. The summed E-state index contributed by atoms with van der Waals surface area (Å²) in [7, 11) is 0. The van der Waals surface area contributed by atoms with Crippen LogP contribution in [0.15, 0.2) is 39.4 Å². The minimum Gasteiger partial charge on any atom is -0.454 e. The molecule has 1 aromatic carbocycles. The minimum atomic E-state index is 0.522. The first-order chi connectivity index (χ1) is 9.52. The zero-order chi connectivity index (χ0) is 14.3. The molecule has 20 heavy (non-hydrogen) atoms. The second-order valence-electron chi connectivity index (χ2n) is 5.34. The fourth-order valence-corrected chi connectivity index (χ4v) is 2.61. The highest BCUT2D eigenvalue weighted by atomic mass is 79.9. The molecule has 3 aromatic rings. The summed E-state index contributed by atoms with van der Waals surface area (Å²) in [5.74, 6) is 1.23. The fraction of sp³-hybridized carbons (Fsp3) is 0.267. The number of benzene rings is 1. The van der Waals surface area contributed by atoms with Gasteiger partial charge >= 0.3 is 0 Å². The Bertz CT molecular complexity index is 758. The van der Waals surface area contributed by atoms with Crippen LogP contribution in [0.25, 0.3) is 22.4 Å². The van der Waals surface area contributed by atoms with Crippen LogP contribution in [0.5, 0.6) is 0 Å². The number of nitrogens with two attached hydrogens (primary N) is 1. The second kappa shape index (κ2) is 4.98. The molecule has 0 unspecified atom stereocenters. The second-order valence-corrected chi connectivity index (χ2v) is 6.26. The Hall–Kier alpha value is -1.75. The van der Waals surface area contributed by atoms with Crippen LogP contribution in [-0.4, -0.2) is 9.78 Å². The molecule has 4 nitrogen and oxygen atoms in total. The van der Waals surface area contributed by atoms with Gasteiger partial charge in [0.1, 0.15) is 5.58 Å². The van der Waals surface area contributed by atoms with Gasteiger partial charge in [0.25, 0.3) is 0 Å². The number of hydrogen-bond donors (Lipinski definition) is 1. The van der Waals surface area contributed by atoms with E-state index in [1.807, 2.05) is 35.1 Å². The van der Waals surface area contributed by atoms with Crippen LogP contribution in [0.3, 0.4) is 0 Å². The Morgan fingerprint density at radius 2 is 2.15 bits per heavy atom. The fourth-order valence-electron chi connectivity index (χ4n) is 2.23. The average Bonchev–Trinajstić information content (AvgIpc) is 2.91. The molecule has 0 aliphatic carbocycles. The third-order valence-corrected chi connectivity index (χ3v) is 3.55. The monoisotopic (exact) mass is 333 g/mol. The summed E-state index contributed by atoms with van der Waals surface area (Å²) in [4.78, 5) is 0. The van der Waals surface area contributed by atoms with E-state index in [4.69, 9.17) is 10.2 Å². The van der Waals surface area contributed by atoms with E-state index in [1.54, 1.807) is 0 Å². The van der Waals surface area contributed by atoms with Gasteiger partial charge in [-0.1, -0.05) is 29.8 Å². The van der Waals surface area contributed by atoms with Gasteiger partial charge in [-0.2, -0.15) is 5.10 Å². The zero-order valence-corrected chi connectivity index (χ0v) is 13.0. The maximum Gasteiger partial charge on any atom is 0.157 e. The van der Waals surface area contributed by atoms with Crippen LogP contribution in [0.2, 0.25) is 0 Å². The number of halogens is 1. The summed E-state index contributed by atoms with van der Waals surface area (Å²) < 4.78 is 8.73. The average molecular weight is 334 g/mol. The van der Waals surface area contributed by atoms with Gasteiger partial charge in [-0.05, 0) is 30.2 Å². The third kappa shape index (κ3) is 2.45. The highest BCUT2D eigenvalue weighted by molar-refractivity contribution is 9.10.